The Bertz CT molecular complexity index is 1380. The van der Waals surface area contributed by atoms with Gasteiger partial charge in [0, 0.05) is 22.3 Å². The van der Waals surface area contributed by atoms with Crippen molar-refractivity contribution in [2.45, 2.75) is 65.2 Å². The van der Waals surface area contributed by atoms with Crippen molar-refractivity contribution in [2.24, 2.45) is 0 Å². The van der Waals surface area contributed by atoms with Crippen molar-refractivity contribution in [3.63, 3.8) is 0 Å². The number of methoxy groups -OCH3 is 2. The van der Waals surface area contributed by atoms with Crippen LogP contribution >= 0.6 is 0 Å². The number of benzene rings is 3. The van der Waals surface area contributed by atoms with Gasteiger partial charge in [-0.3, -0.25) is 0 Å². The van der Waals surface area contributed by atoms with Crippen molar-refractivity contribution in [1.82, 2.24) is 0 Å². The Morgan fingerprint density at radius 2 is 1.00 bits per heavy atom. The molecule has 6 heteroatoms. The summed E-state index contributed by atoms with van der Waals surface area (Å²) in [6, 6.07) is 23.5. The topological polar surface area (TPSA) is 84.5 Å². The van der Waals surface area contributed by atoms with Gasteiger partial charge in [0.2, 0.25) is 0 Å². The maximum Gasteiger partial charge on any atom is 0.127 e. The monoisotopic (exact) mass is 592 g/mol. The lowest BCUT2D eigenvalue weighted by molar-refractivity contribution is 0.296. The Morgan fingerprint density at radius 3 is 1.36 bits per heavy atom. The normalized spacial score (nSPS) is 11.4. The fourth-order valence-corrected chi connectivity index (χ4v) is 4.87. The van der Waals surface area contributed by atoms with Crippen LogP contribution in [-0.4, -0.2) is 27.4 Å². The van der Waals surface area contributed by atoms with Crippen LogP contribution in [-0.2, 0) is 0 Å². The van der Waals surface area contributed by atoms with E-state index in [2.05, 4.69) is 26.0 Å². The molecule has 0 aliphatic carbocycles. The number of nitriles is 2. The van der Waals surface area contributed by atoms with Crippen LogP contribution in [0, 0.1) is 22.7 Å². The van der Waals surface area contributed by atoms with Crippen LogP contribution in [0.3, 0.4) is 0 Å². The molecule has 0 heterocycles. The molecule has 0 bridgehead atoms. The minimum absolute atomic E-state index is 0.446. The molecule has 0 aliphatic rings. The van der Waals surface area contributed by atoms with E-state index in [1.54, 1.807) is 14.2 Å². The predicted octanol–water partition coefficient (Wildman–Crippen LogP) is 9.75. The standard InChI is InChI=1S/C38H44N2O4/c1-5-7-9-15-21-43-37-25-30(24-32(28-40)34-18-12-14-20-36(34)42-4)38(44-22-16-10-8-6-2)26-29(37)23-31(27-39)33-17-11-13-19-35(33)41-3/h11-14,17-20,23-26H,5-10,15-16,21-22H2,1-4H3/b31-23-,32-24-. The second kappa shape index (κ2) is 18.8. The molecule has 0 aliphatic heterocycles. The van der Waals surface area contributed by atoms with Crippen LogP contribution in [0.1, 0.15) is 87.5 Å². The zero-order valence-corrected chi connectivity index (χ0v) is 26.5. The number of rotatable bonds is 18. The molecule has 0 amide bonds. The molecular formula is C38H44N2O4. The number of hydrogen-bond acceptors (Lipinski definition) is 6. The van der Waals surface area contributed by atoms with Crippen LogP contribution in [0.5, 0.6) is 23.0 Å². The second-order valence-electron chi connectivity index (χ2n) is 10.5. The van der Waals surface area contributed by atoms with E-state index in [1.165, 1.54) is 0 Å². The lowest BCUT2D eigenvalue weighted by Crippen LogP contribution is -2.03. The third-order valence-electron chi connectivity index (χ3n) is 7.29. The van der Waals surface area contributed by atoms with E-state index in [-0.39, 0.29) is 0 Å². The smallest absolute Gasteiger partial charge is 0.127 e. The highest BCUT2D eigenvalue weighted by atomic mass is 16.5. The van der Waals surface area contributed by atoms with Crippen LogP contribution < -0.4 is 18.9 Å². The van der Waals surface area contributed by atoms with Gasteiger partial charge in [0.1, 0.15) is 23.0 Å². The number of allylic oxidation sites excluding steroid dienone is 2. The van der Waals surface area contributed by atoms with Crippen molar-refractivity contribution >= 4 is 23.3 Å². The molecule has 230 valence electrons. The molecule has 0 saturated heterocycles. The van der Waals surface area contributed by atoms with Crippen molar-refractivity contribution < 1.29 is 18.9 Å². The molecule has 0 N–H and O–H groups in total. The largest absolute Gasteiger partial charge is 0.496 e. The minimum Gasteiger partial charge on any atom is -0.496 e. The van der Waals surface area contributed by atoms with Crippen molar-refractivity contribution in [3.8, 4) is 35.1 Å². The lowest BCUT2D eigenvalue weighted by Gasteiger charge is -2.16. The molecular weight excluding hydrogens is 548 g/mol. The van der Waals surface area contributed by atoms with Crippen molar-refractivity contribution in [2.75, 3.05) is 27.4 Å². The van der Waals surface area contributed by atoms with E-state index < -0.39 is 0 Å². The average Bonchev–Trinajstić information content (AvgIpc) is 3.06. The van der Waals surface area contributed by atoms with Crippen molar-refractivity contribution in [3.05, 3.63) is 82.9 Å². The Kier molecular flexibility index (Phi) is 14.4. The van der Waals surface area contributed by atoms with Gasteiger partial charge in [0.05, 0.1) is 50.7 Å². The summed E-state index contributed by atoms with van der Waals surface area (Å²) < 4.78 is 23.8. The molecule has 44 heavy (non-hydrogen) atoms. The number of nitrogens with zero attached hydrogens (tertiary/aromatic N) is 2. The summed E-state index contributed by atoms with van der Waals surface area (Å²) in [4.78, 5) is 0. The molecule has 0 aromatic heterocycles. The summed E-state index contributed by atoms with van der Waals surface area (Å²) in [5, 5.41) is 20.4. The predicted molar refractivity (Wildman–Crippen MR) is 179 cm³/mol. The summed E-state index contributed by atoms with van der Waals surface area (Å²) in [5.74, 6) is 2.46. The van der Waals surface area contributed by atoms with E-state index in [4.69, 9.17) is 18.9 Å². The van der Waals surface area contributed by atoms with Crippen LogP contribution in [0.25, 0.3) is 23.3 Å². The van der Waals surface area contributed by atoms with E-state index in [1.807, 2.05) is 72.8 Å². The van der Waals surface area contributed by atoms with E-state index in [9.17, 15) is 10.5 Å². The Balaban J connectivity index is 2.17. The van der Waals surface area contributed by atoms with Gasteiger partial charge in [0.15, 0.2) is 0 Å². The Morgan fingerprint density at radius 1 is 0.591 bits per heavy atom. The molecule has 3 aromatic carbocycles. The van der Waals surface area contributed by atoms with Gasteiger partial charge in [-0.15, -0.1) is 0 Å². The van der Waals surface area contributed by atoms with Gasteiger partial charge >= 0.3 is 0 Å². The molecule has 0 spiro atoms. The number of hydrogen-bond donors (Lipinski definition) is 0. The Hall–Kier alpha value is -4.68. The van der Waals surface area contributed by atoms with E-state index in [0.717, 1.165) is 62.5 Å². The Labute approximate surface area is 263 Å². The zero-order valence-electron chi connectivity index (χ0n) is 26.5. The highest BCUT2D eigenvalue weighted by Gasteiger charge is 2.16. The molecule has 3 aromatic rings. The summed E-state index contributed by atoms with van der Waals surface area (Å²) in [6.07, 6.45) is 12.2. The molecule has 0 radical (unpaired) electrons. The van der Waals surface area contributed by atoms with Gasteiger partial charge in [-0.2, -0.15) is 10.5 Å². The number of ether oxygens (including phenoxy) is 4. The molecule has 0 saturated carbocycles. The van der Waals surface area contributed by atoms with Crippen LogP contribution in [0.15, 0.2) is 60.7 Å². The minimum atomic E-state index is 0.446. The van der Waals surface area contributed by atoms with E-state index >= 15 is 0 Å². The quantitative estimate of drug-likeness (QED) is 0.0830. The fourth-order valence-electron chi connectivity index (χ4n) is 4.87. The first kappa shape index (κ1) is 33.8. The van der Waals surface area contributed by atoms with Gasteiger partial charge in [-0.1, -0.05) is 76.6 Å². The first-order valence-corrected chi connectivity index (χ1v) is 15.5. The first-order chi connectivity index (χ1) is 21.6. The molecule has 0 atom stereocenters. The maximum absolute atomic E-state index is 10.2. The SMILES string of the molecule is CCCCCCOc1cc(/C=C(/C#N)c2ccccc2OC)c(OCCCCCC)cc1/C=C(/C#N)c1ccccc1OC. The van der Waals surface area contributed by atoms with E-state index in [0.29, 0.717) is 58.5 Å². The van der Waals surface area contributed by atoms with Crippen molar-refractivity contribution in [1.29, 1.82) is 10.5 Å². The zero-order chi connectivity index (χ0) is 31.6. The second-order valence-corrected chi connectivity index (χ2v) is 10.5. The van der Waals surface area contributed by atoms with Crippen LogP contribution in [0.4, 0.5) is 0 Å². The molecule has 0 unspecified atom stereocenters. The number of unbranched alkanes of at least 4 members (excludes halogenated alkanes) is 6. The van der Waals surface area contributed by atoms with Gasteiger partial charge in [0.25, 0.3) is 0 Å². The summed E-state index contributed by atoms with van der Waals surface area (Å²) >= 11 is 0. The van der Waals surface area contributed by atoms with Gasteiger partial charge in [-0.25, -0.2) is 0 Å². The molecule has 3 rings (SSSR count). The summed E-state index contributed by atoms with van der Waals surface area (Å²) in [6.45, 7) is 5.43. The van der Waals surface area contributed by atoms with Crippen LogP contribution in [0.2, 0.25) is 0 Å². The average molecular weight is 593 g/mol. The lowest BCUT2D eigenvalue weighted by atomic mass is 9.98. The fraction of sp³-hybridized carbons (Fsp3) is 0.368. The highest BCUT2D eigenvalue weighted by Crippen LogP contribution is 2.37. The summed E-state index contributed by atoms with van der Waals surface area (Å²) in [7, 11) is 3.19. The summed E-state index contributed by atoms with van der Waals surface area (Å²) in [5.41, 5.74) is 3.73. The highest BCUT2D eigenvalue weighted by molar-refractivity contribution is 5.95. The number of para-hydroxylation sites is 2. The first-order valence-electron chi connectivity index (χ1n) is 15.5. The van der Waals surface area contributed by atoms with Gasteiger partial charge < -0.3 is 18.9 Å². The maximum atomic E-state index is 10.2. The molecule has 0 fully saturated rings. The molecule has 6 nitrogen and oxygen atoms in total. The third-order valence-corrected chi connectivity index (χ3v) is 7.29. The van der Waals surface area contributed by atoms with Gasteiger partial charge in [-0.05, 0) is 61.4 Å². The third kappa shape index (κ3) is 9.68.